The fourth-order valence-electron chi connectivity index (χ4n) is 2.47. The smallest absolute Gasteiger partial charge is 0.119 e. The van der Waals surface area contributed by atoms with Crippen molar-refractivity contribution in [3.05, 3.63) is 28.8 Å². The fourth-order valence-corrected chi connectivity index (χ4v) is 2.65. The molecule has 1 aliphatic rings. The average molecular weight is 305 g/mol. The van der Waals surface area contributed by atoms with Crippen LogP contribution in [0.1, 0.15) is 18.9 Å². The van der Waals surface area contributed by atoms with Gasteiger partial charge in [0.05, 0.1) is 7.11 Å². The zero-order chi connectivity index (χ0) is 13.2. The molecule has 1 unspecified atom stereocenters. The van der Waals surface area contributed by atoms with Crippen LogP contribution in [0.25, 0.3) is 0 Å². The Morgan fingerprint density at radius 3 is 2.79 bits per heavy atom. The molecule has 0 aliphatic carbocycles. The summed E-state index contributed by atoms with van der Waals surface area (Å²) in [6.45, 7) is 5.99. The molecule has 1 atom stereocenters. The summed E-state index contributed by atoms with van der Waals surface area (Å²) in [5.74, 6) is 0.857. The van der Waals surface area contributed by atoms with Crippen molar-refractivity contribution >= 4 is 24.0 Å². The third-order valence-electron chi connectivity index (χ3n) is 3.78. The first-order chi connectivity index (χ1) is 8.56. The first kappa shape index (κ1) is 16.6. The normalized spacial score (nSPS) is 23.2. The average Bonchev–Trinajstić information content (AvgIpc) is 2.75. The lowest BCUT2D eigenvalue weighted by atomic mass is 9.90. The lowest BCUT2D eigenvalue weighted by molar-refractivity contribution is 0.274. The van der Waals surface area contributed by atoms with E-state index in [2.05, 4.69) is 11.8 Å². The molecule has 2 rings (SSSR count). The van der Waals surface area contributed by atoms with Crippen molar-refractivity contribution in [2.75, 3.05) is 26.7 Å². The summed E-state index contributed by atoms with van der Waals surface area (Å²) in [4.78, 5) is 2.41. The van der Waals surface area contributed by atoms with E-state index in [9.17, 15) is 0 Å². The highest BCUT2D eigenvalue weighted by Gasteiger charge is 2.32. The van der Waals surface area contributed by atoms with Crippen molar-refractivity contribution in [1.29, 1.82) is 0 Å². The number of hydrogen-bond acceptors (Lipinski definition) is 3. The molecule has 0 bridgehead atoms. The highest BCUT2D eigenvalue weighted by Crippen LogP contribution is 2.31. The third-order valence-corrected chi connectivity index (χ3v) is 4.15. The Morgan fingerprint density at radius 1 is 1.47 bits per heavy atom. The largest absolute Gasteiger partial charge is 0.497 e. The van der Waals surface area contributed by atoms with Crippen LogP contribution in [0.2, 0.25) is 5.02 Å². The van der Waals surface area contributed by atoms with E-state index >= 15 is 0 Å². The quantitative estimate of drug-likeness (QED) is 0.929. The van der Waals surface area contributed by atoms with Gasteiger partial charge < -0.3 is 10.5 Å². The standard InChI is InChI=1S/C14H21ClN2O.ClH/c1-14(9-16)5-6-17(10-14)8-11-7-12(18-2)3-4-13(11)15;/h3-4,7H,5-6,8-10,16H2,1-2H3;1H. The minimum absolute atomic E-state index is 0. The molecule has 0 saturated carbocycles. The second-order valence-corrected chi connectivity index (χ2v) is 5.84. The molecule has 2 N–H and O–H groups in total. The molecule has 0 radical (unpaired) electrons. The topological polar surface area (TPSA) is 38.5 Å². The van der Waals surface area contributed by atoms with Gasteiger partial charge in [-0.05, 0) is 48.7 Å². The molecule has 1 heterocycles. The van der Waals surface area contributed by atoms with Crippen molar-refractivity contribution in [2.24, 2.45) is 11.1 Å². The van der Waals surface area contributed by atoms with Crippen molar-refractivity contribution in [3.8, 4) is 5.75 Å². The van der Waals surface area contributed by atoms with Crippen LogP contribution < -0.4 is 10.5 Å². The zero-order valence-corrected chi connectivity index (χ0v) is 13.1. The zero-order valence-electron chi connectivity index (χ0n) is 11.5. The van der Waals surface area contributed by atoms with Gasteiger partial charge in [-0.15, -0.1) is 12.4 Å². The Kier molecular flexibility index (Phi) is 5.93. The number of benzene rings is 1. The van der Waals surface area contributed by atoms with Crippen LogP contribution in [0.15, 0.2) is 18.2 Å². The van der Waals surface area contributed by atoms with E-state index in [1.165, 1.54) is 0 Å². The van der Waals surface area contributed by atoms with E-state index in [-0.39, 0.29) is 17.8 Å². The Hall–Kier alpha value is -0.480. The maximum atomic E-state index is 6.23. The Balaban J connectivity index is 0.00000180. The number of hydrogen-bond donors (Lipinski definition) is 1. The molecule has 19 heavy (non-hydrogen) atoms. The van der Waals surface area contributed by atoms with Crippen molar-refractivity contribution < 1.29 is 4.74 Å². The number of ether oxygens (including phenoxy) is 1. The SMILES string of the molecule is COc1ccc(Cl)c(CN2CCC(C)(CN)C2)c1.Cl. The van der Waals surface area contributed by atoms with Gasteiger partial charge in [-0.3, -0.25) is 4.90 Å². The van der Waals surface area contributed by atoms with Gasteiger partial charge in [0.15, 0.2) is 0 Å². The predicted molar refractivity (Wildman–Crippen MR) is 82.3 cm³/mol. The summed E-state index contributed by atoms with van der Waals surface area (Å²) < 4.78 is 5.24. The van der Waals surface area contributed by atoms with Gasteiger partial charge in [0.25, 0.3) is 0 Å². The maximum absolute atomic E-state index is 6.23. The summed E-state index contributed by atoms with van der Waals surface area (Å²) >= 11 is 6.23. The predicted octanol–water partition coefficient (Wildman–Crippen LogP) is 2.94. The highest BCUT2D eigenvalue weighted by molar-refractivity contribution is 6.31. The van der Waals surface area contributed by atoms with E-state index in [0.29, 0.717) is 0 Å². The summed E-state index contributed by atoms with van der Waals surface area (Å²) in [6.07, 6.45) is 1.16. The van der Waals surface area contributed by atoms with Gasteiger partial charge in [0.1, 0.15) is 5.75 Å². The maximum Gasteiger partial charge on any atom is 0.119 e. The first-order valence-corrected chi connectivity index (χ1v) is 6.69. The number of nitrogens with two attached hydrogens (primary N) is 1. The Morgan fingerprint density at radius 2 is 2.21 bits per heavy atom. The number of likely N-dealkylation sites (tertiary alicyclic amines) is 1. The summed E-state index contributed by atoms with van der Waals surface area (Å²) in [5, 5.41) is 0.803. The van der Waals surface area contributed by atoms with Crippen molar-refractivity contribution in [3.63, 3.8) is 0 Å². The molecular formula is C14H22Cl2N2O. The van der Waals surface area contributed by atoms with Crippen LogP contribution in [0.5, 0.6) is 5.75 Å². The van der Waals surface area contributed by atoms with Crippen LogP contribution in [-0.4, -0.2) is 31.6 Å². The minimum atomic E-state index is 0. The van der Waals surface area contributed by atoms with Crippen LogP contribution >= 0.6 is 24.0 Å². The van der Waals surface area contributed by atoms with Crippen LogP contribution in [0, 0.1) is 5.41 Å². The third kappa shape index (κ3) is 3.99. The van der Waals surface area contributed by atoms with E-state index in [0.717, 1.165) is 48.9 Å². The molecule has 1 saturated heterocycles. The number of nitrogens with zero attached hydrogens (tertiary/aromatic N) is 1. The molecule has 3 nitrogen and oxygen atoms in total. The van der Waals surface area contributed by atoms with E-state index in [4.69, 9.17) is 22.1 Å². The molecule has 5 heteroatoms. The lowest BCUT2D eigenvalue weighted by Crippen LogP contribution is -2.31. The van der Waals surface area contributed by atoms with Crippen LogP contribution in [-0.2, 0) is 6.54 Å². The number of rotatable bonds is 4. The van der Waals surface area contributed by atoms with Crippen LogP contribution in [0.3, 0.4) is 0 Å². The minimum Gasteiger partial charge on any atom is -0.497 e. The first-order valence-electron chi connectivity index (χ1n) is 6.31. The van der Waals surface area contributed by atoms with Gasteiger partial charge in [-0.1, -0.05) is 18.5 Å². The van der Waals surface area contributed by atoms with Crippen LogP contribution in [0.4, 0.5) is 0 Å². The lowest BCUT2D eigenvalue weighted by Gasteiger charge is -2.23. The molecular weight excluding hydrogens is 283 g/mol. The highest BCUT2D eigenvalue weighted by atomic mass is 35.5. The number of methoxy groups -OCH3 is 1. The second-order valence-electron chi connectivity index (χ2n) is 5.43. The van der Waals surface area contributed by atoms with Gasteiger partial charge in [-0.2, -0.15) is 0 Å². The van der Waals surface area contributed by atoms with Gasteiger partial charge in [0.2, 0.25) is 0 Å². The van der Waals surface area contributed by atoms with E-state index in [1.54, 1.807) is 7.11 Å². The fraction of sp³-hybridized carbons (Fsp3) is 0.571. The van der Waals surface area contributed by atoms with E-state index < -0.39 is 0 Å². The second kappa shape index (κ2) is 6.80. The molecule has 108 valence electrons. The molecule has 1 fully saturated rings. The molecule has 1 aromatic carbocycles. The van der Waals surface area contributed by atoms with Crippen molar-refractivity contribution in [2.45, 2.75) is 19.9 Å². The molecule has 1 aromatic rings. The molecule has 1 aliphatic heterocycles. The van der Waals surface area contributed by atoms with Gasteiger partial charge in [-0.25, -0.2) is 0 Å². The van der Waals surface area contributed by atoms with Gasteiger partial charge >= 0.3 is 0 Å². The molecule has 0 aromatic heterocycles. The molecule has 0 spiro atoms. The van der Waals surface area contributed by atoms with Crippen molar-refractivity contribution in [1.82, 2.24) is 4.90 Å². The number of halogens is 2. The molecule has 0 amide bonds. The van der Waals surface area contributed by atoms with Gasteiger partial charge in [0, 0.05) is 18.1 Å². The van der Waals surface area contributed by atoms with E-state index in [1.807, 2.05) is 18.2 Å². The summed E-state index contributed by atoms with van der Waals surface area (Å²) in [6, 6.07) is 5.80. The summed E-state index contributed by atoms with van der Waals surface area (Å²) in [5.41, 5.74) is 7.20. The Labute approximate surface area is 126 Å². The monoisotopic (exact) mass is 304 g/mol. The summed E-state index contributed by atoms with van der Waals surface area (Å²) in [7, 11) is 1.67. The Bertz CT molecular complexity index is 428.